The first-order valence-electron chi connectivity index (χ1n) is 6.35. The first kappa shape index (κ1) is 11.0. The number of nitrogens with zero attached hydrogens (tertiary/aromatic N) is 2. The minimum Gasteiger partial charge on any atom is -0.306 e. The predicted octanol–water partition coefficient (Wildman–Crippen LogP) is 2.41. The third-order valence-corrected chi connectivity index (χ3v) is 3.70. The van der Waals surface area contributed by atoms with E-state index in [2.05, 4.69) is 21.2 Å². The van der Waals surface area contributed by atoms with E-state index in [1.54, 1.807) is 11.6 Å². The van der Waals surface area contributed by atoms with Crippen molar-refractivity contribution in [2.24, 2.45) is 7.05 Å². The van der Waals surface area contributed by atoms with Crippen LogP contribution < -0.4 is 5.69 Å². The summed E-state index contributed by atoms with van der Waals surface area (Å²) in [5.41, 5.74) is 4.82. The molecule has 0 bridgehead atoms. The Balaban J connectivity index is 2.04. The molecule has 2 heterocycles. The summed E-state index contributed by atoms with van der Waals surface area (Å²) in [5, 5.41) is 8.13. The largest absolute Gasteiger partial charge is 0.326 e. The molecule has 0 amide bonds. The molecule has 2 aromatic heterocycles. The quantitative estimate of drug-likeness (QED) is 0.554. The van der Waals surface area contributed by atoms with Crippen molar-refractivity contribution in [3.63, 3.8) is 0 Å². The first-order valence-corrected chi connectivity index (χ1v) is 6.35. The highest BCUT2D eigenvalue weighted by Crippen LogP contribution is 2.29. The van der Waals surface area contributed by atoms with E-state index in [-0.39, 0.29) is 5.69 Å². The smallest absolute Gasteiger partial charge is 0.306 e. The number of H-pyrrole nitrogens is 2. The number of benzene rings is 2. The Kier molecular flexibility index (Phi) is 2.12. The van der Waals surface area contributed by atoms with Crippen molar-refractivity contribution in [1.29, 1.82) is 0 Å². The van der Waals surface area contributed by atoms with Crippen LogP contribution in [0.3, 0.4) is 0 Å². The van der Waals surface area contributed by atoms with E-state index < -0.39 is 0 Å². The lowest BCUT2D eigenvalue weighted by atomic mass is 10.0. The zero-order valence-corrected chi connectivity index (χ0v) is 10.8. The van der Waals surface area contributed by atoms with Gasteiger partial charge in [-0.15, -0.1) is 0 Å². The summed E-state index contributed by atoms with van der Waals surface area (Å²) in [6.45, 7) is 0. The fourth-order valence-corrected chi connectivity index (χ4v) is 2.61. The number of hydrogen-bond acceptors (Lipinski definition) is 2. The summed E-state index contributed by atoms with van der Waals surface area (Å²) in [6, 6.07) is 12.0. The number of nitrogens with one attached hydrogen (secondary N) is 2. The maximum absolute atomic E-state index is 11.6. The minimum atomic E-state index is -0.0985. The second-order valence-corrected chi connectivity index (χ2v) is 4.86. The standard InChI is InChI=1S/C15H12N4O/c1-19-14-7-9(5-6-13(14)17-15(19)20)10-3-2-4-12-11(10)8-16-18-12/h2-8H,1H3,(H,16,18)(H,17,20). The van der Waals surface area contributed by atoms with Crippen molar-refractivity contribution in [2.75, 3.05) is 0 Å². The molecule has 5 nitrogen and oxygen atoms in total. The van der Waals surface area contributed by atoms with Gasteiger partial charge in [-0.3, -0.25) is 9.67 Å². The Hall–Kier alpha value is -2.82. The Morgan fingerprint density at radius 2 is 2.05 bits per heavy atom. The summed E-state index contributed by atoms with van der Waals surface area (Å²) in [6.07, 6.45) is 1.82. The molecule has 0 spiro atoms. The number of aromatic nitrogens is 4. The van der Waals surface area contributed by atoms with Gasteiger partial charge in [-0.1, -0.05) is 18.2 Å². The van der Waals surface area contributed by atoms with E-state index in [1.165, 1.54) is 0 Å². The molecule has 0 unspecified atom stereocenters. The molecule has 4 rings (SSSR count). The van der Waals surface area contributed by atoms with Gasteiger partial charge in [0, 0.05) is 12.4 Å². The molecule has 0 fully saturated rings. The van der Waals surface area contributed by atoms with Crippen molar-refractivity contribution < 1.29 is 0 Å². The van der Waals surface area contributed by atoms with Gasteiger partial charge >= 0.3 is 5.69 Å². The molecule has 20 heavy (non-hydrogen) atoms. The summed E-state index contributed by atoms with van der Waals surface area (Å²) < 4.78 is 1.62. The average Bonchev–Trinajstić information content (AvgIpc) is 3.04. The predicted molar refractivity (Wildman–Crippen MR) is 78.6 cm³/mol. The normalized spacial score (nSPS) is 11.4. The van der Waals surface area contributed by atoms with Gasteiger partial charge in [-0.25, -0.2) is 4.79 Å². The summed E-state index contributed by atoms with van der Waals surface area (Å²) in [4.78, 5) is 14.5. The Morgan fingerprint density at radius 1 is 1.15 bits per heavy atom. The molecule has 0 atom stereocenters. The van der Waals surface area contributed by atoms with Crippen LogP contribution in [0.4, 0.5) is 0 Å². The van der Waals surface area contributed by atoms with E-state index >= 15 is 0 Å². The minimum absolute atomic E-state index is 0.0985. The lowest BCUT2D eigenvalue weighted by molar-refractivity contribution is 0.892. The van der Waals surface area contributed by atoms with E-state index in [9.17, 15) is 4.79 Å². The number of imidazole rings is 1. The van der Waals surface area contributed by atoms with Crippen molar-refractivity contribution in [3.05, 3.63) is 53.1 Å². The second kappa shape index (κ2) is 3.84. The monoisotopic (exact) mass is 264 g/mol. The zero-order chi connectivity index (χ0) is 13.7. The third kappa shape index (κ3) is 1.43. The molecule has 5 heteroatoms. The van der Waals surface area contributed by atoms with E-state index in [1.807, 2.05) is 36.5 Å². The molecule has 0 aliphatic heterocycles. The van der Waals surface area contributed by atoms with Crippen molar-refractivity contribution >= 4 is 21.9 Å². The molecular weight excluding hydrogens is 252 g/mol. The van der Waals surface area contributed by atoms with Crippen LogP contribution in [0.1, 0.15) is 0 Å². The maximum atomic E-state index is 11.6. The number of aryl methyl sites for hydroxylation is 1. The highest BCUT2D eigenvalue weighted by Gasteiger charge is 2.08. The summed E-state index contributed by atoms with van der Waals surface area (Å²) in [7, 11) is 1.77. The van der Waals surface area contributed by atoms with Gasteiger partial charge in [0.15, 0.2) is 0 Å². The van der Waals surface area contributed by atoms with Gasteiger partial charge in [0.1, 0.15) is 0 Å². The van der Waals surface area contributed by atoms with Gasteiger partial charge in [-0.05, 0) is 29.3 Å². The Bertz CT molecular complexity index is 990. The van der Waals surface area contributed by atoms with Crippen LogP contribution in [0.5, 0.6) is 0 Å². The van der Waals surface area contributed by atoms with Crippen LogP contribution in [0.2, 0.25) is 0 Å². The van der Waals surface area contributed by atoms with Crippen LogP contribution in [0.25, 0.3) is 33.1 Å². The molecule has 0 radical (unpaired) electrons. The Labute approximate surface area is 113 Å². The van der Waals surface area contributed by atoms with Crippen molar-refractivity contribution in [2.45, 2.75) is 0 Å². The molecular formula is C15H12N4O. The average molecular weight is 264 g/mol. The van der Waals surface area contributed by atoms with Crippen molar-refractivity contribution in [1.82, 2.24) is 19.7 Å². The second-order valence-electron chi connectivity index (χ2n) is 4.86. The van der Waals surface area contributed by atoms with Crippen LogP contribution in [0.15, 0.2) is 47.4 Å². The molecule has 98 valence electrons. The van der Waals surface area contributed by atoms with E-state index in [0.29, 0.717) is 0 Å². The van der Waals surface area contributed by atoms with Crippen LogP contribution in [-0.2, 0) is 7.05 Å². The van der Waals surface area contributed by atoms with Crippen LogP contribution in [-0.4, -0.2) is 19.7 Å². The number of hydrogen-bond donors (Lipinski definition) is 2. The van der Waals surface area contributed by atoms with Crippen LogP contribution >= 0.6 is 0 Å². The topological polar surface area (TPSA) is 66.5 Å². The van der Waals surface area contributed by atoms with Crippen molar-refractivity contribution in [3.8, 4) is 11.1 Å². The van der Waals surface area contributed by atoms with Crippen LogP contribution in [0, 0.1) is 0 Å². The maximum Gasteiger partial charge on any atom is 0.326 e. The van der Waals surface area contributed by atoms with E-state index in [4.69, 9.17) is 0 Å². The molecule has 0 aliphatic carbocycles. The molecule has 2 N–H and O–H groups in total. The van der Waals surface area contributed by atoms with Gasteiger partial charge in [0.2, 0.25) is 0 Å². The number of aromatic amines is 2. The van der Waals surface area contributed by atoms with Gasteiger partial charge in [0.05, 0.1) is 22.7 Å². The summed E-state index contributed by atoms with van der Waals surface area (Å²) >= 11 is 0. The molecule has 0 saturated heterocycles. The van der Waals surface area contributed by atoms with Gasteiger partial charge in [-0.2, -0.15) is 5.10 Å². The number of rotatable bonds is 1. The summed E-state index contributed by atoms with van der Waals surface area (Å²) in [5.74, 6) is 0. The SMILES string of the molecule is Cn1c(=O)[nH]c2ccc(-c3cccc4[nH]ncc34)cc21. The lowest BCUT2D eigenvalue weighted by Crippen LogP contribution is -2.11. The molecule has 2 aromatic carbocycles. The van der Waals surface area contributed by atoms with E-state index in [0.717, 1.165) is 33.1 Å². The third-order valence-electron chi connectivity index (χ3n) is 3.70. The molecule has 0 saturated carbocycles. The molecule has 0 aliphatic rings. The molecule has 4 aromatic rings. The van der Waals surface area contributed by atoms with Gasteiger partial charge in [0.25, 0.3) is 0 Å². The Morgan fingerprint density at radius 3 is 2.95 bits per heavy atom. The first-order chi connectivity index (χ1) is 9.74. The highest BCUT2D eigenvalue weighted by atomic mass is 16.1. The fourth-order valence-electron chi connectivity index (χ4n) is 2.61. The zero-order valence-electron chi connectivity index (χ0n) is 10.8. The lowest BCUT2D eigenvalue weighted by Gasteiger charge is -2.04. The number of fused-ring (bicyclic) bond motifs is 2. The highest BCUT2D eigenvalue weighted by molar-refractivity contribution is 5.96. The fraction of sp³-hybridized carbons (Fsp3) is 0.0667. The van der Waals surface area contributed by atoms with Gasteiger partial charge < -0.3 is 4.98 Å².